The number of carbonyl (C=O) groups is 4. The lowest BCUT2D eigenvalue weighted by molar-refractivity contribution is -0.140. The van der Waals surface area contributed by atoms with E-state index < -0.39 is 69.9 Å². The van der Waals surface area contributed by atoms with Crippen molar-refractivity contribution in [3.8, 4) is 45.9 Å². The van der Waals surface area contributed by atoms with Crippen molar-refractivity contribution in [3.63, 3.8) is 0 Å². The summed E-state index contributed by atoms with van der Waals surface area (Å²) in [5.41, 5.74) is 3.22. The molecule has 2 aliphatic heterocycles. The molecule has 3 aliphatic rings. The number of benzene rings is 4. The number of aromatic nitrogens is 1. The number of sulfonamides is 1. The summed E-state index contributed by atoms with van der Waals surface area (Å²) in [5.74, 6) is 2.90. The van der Waals surface area contributed by atoms with E-state index in [1.54, 1.807) is 49.4 Å². The first kappa shape index (κ1) is 46.1. The number of phenols is 1. The number of hydrogen-bond donors (Lipinski definition) is 4. The maximum atomic E-state index is 15.3. The lowest BCUT2D eigenvalue weighted by atomic mass is 9.96. The number of furan rings is 1. The Kier molecular flexibility index (Phi) is 13.4. The molecular weight excluding hydrogens is 899 g/mol. The molecule has 1 saturated heterocycles. The number of aromatic hydroxyl groups is 1. The van der Waals surface area contributed by atoms with Gasteiger partial charge in [-0.3, -0.25) is 19.2 Å². The zero-order chi connectivity index (χ0) is 48.1. The summed E-state index contributed by atoms with van der Waals surface area (Å²) in [7, 11) is -4.37. The summed E-state index contributed by atoms with van der Waals surface area (Å²) in [6.07, 6.45) is 3.81. The number of nitrogens with zero attached hydrogens (tertiary/aromatic N) is 2. The Balaban J connectivity index is 1.08. The van der Waals surface area contributed by atoms with Crippen LogP contribution in [0.5, 0.6) is 11.5 Å². The third-order valence-electron chi connectivity index (χ3n) is 12.1. The third-order valence-corrected chi connectivity index (χ3v) is 13.5. The van der Waals surface area contributed by atoms with Crippen LogP contribution in [0.2, 0.25) is 0 Å². The number of amides is 4. The van der Waals surface area contributed by atoms with Crippen LogP contribution in [0.4, 0.5) is 0 Å². The van der Waals surface area contributed by atoms with Crippen molar-refractivity contribution in [1.82, 2.24) is 25.2 Å². The number of ether oxygens (including phenoxy) is 2. The van der Waals surface area contributed by atoms with Crippen LogP contribution in [0.25, 0.3) is 33.5 Å². The van der Waals surface area contributed by atoms with Gasteiger partial charge in [0, 0.05) is 47.4 Å². The zero-order valence-electron chi connectivity index (χ0n) is 37.3. The lowest BCUT2D eigenvalue weighted by Gasteiger charge is -2.31. The van der Waals surface area contributed by atoms with Gasteiger partial charge in [0.15, 0.2) is 5.76 Å². The van der Waals surface area contributed by atoms with Gasteiger partial charge in [0.25, 0.3) is 21.8 Å². The molecule has 0 radical (unpaired) electrons. The first-order chi connectivity index (χ1) is 33.4. The summed E-state index contributed by atoms with van der Waals surface area (Å²) in [4.78, 5) is 64.3. The number of pyridine rings is 1. The average Bonchev–Trinajstić information content (AvgIpc) is 4.03. The Morgan fingerprint density at radius 1 is 0.899 bits per heavy atom. The van der Waals surface area contributed by atoms with Gasteiger partial charge in [0.1, 0.15) is 47.6 Å². The lowest BCUT2D eigenvalue weighted by Crippen LogP contribution is -2.57. The van der Waals surface area contributed by atoms with Gasteiger partial charge in [0.05, 0.1) is 29.3 Å². The van der Waals surface area contributed by atoms with Crippen LogP contribution in [0.1, 0.15) is 36.7 Å². The second kappa shape index (κ2) is 20.1. The van der Waals surface area contributed by atoms with E-state index in [1.807, 2.05) is 60.7 Å². The maximum absolute atomic E-state index is 15.3. The van der Waals surface area contributed by atoms with E-state index in [9.17, 15) is 27.9 Å². The van der Waals surface area contributed by atoms with Crippen LogP contribution >= 0.6 is 0 Å². The number of fused-ring (bicyclic) bond motifs is 4. The van der Waals surface area contributed by atoms with E-state index in [0.29, 0.717) is 34.5 Å². The summed E-state index contributed by atoms with van der Waals surface area (Å²) < 4.78 is 47.8. The number of phenolic OH excluding ortho intramolecular Hbond substituents is 1. The van der Waals surface area contributed by atoms with Crippen molar-refractivity contribution in [2.45, 2.75) is 61.4 Å². The van der Waals surface area contributed by atoms with Crippen molar-refractivity contribution in [3.05, 3.63) is 157 Å². The molecule has 6 aromatic rings. The first-order valence-corrected chi connectivity index (χ1v) is 23.9. The SMILES string of the molecule is CC1/C=C\COC2C#CC=C(C2)C[C@H](NC(=O)c2ccc(-c3ccccc3)o2)C(=O)N2CC(Oc3cc(-c4ccccc4)nc4cc(O)ccc34)C[C@H]2C(=O)NC1C(=O)NS(=O)(=O)c1ccccc1. The summed E-state index contributed by atoms with van der Waals surface area (Å²) in [6, 6.07) is 31.6. The second-order valence-corrected chi connectivity index (χ2v) is 18.7. The second-order valence-electron chi connectivity index (χ2n) is 17.0. The fourth-order valence-electron chi connectivity index (χ4n) is 8.62. The van der Waals surface area contributed by atoms with Crippen molar-refractivity contribution >= 4 is 44.6 Å². The van der Waals surface area contributed by atoms with Crippen molar-refractivity contribution in [2.75, 3.05) is 13.2 Å². The Morgan fingerprint density at radius 2 is 1.62 bits per heavy atom. The maximum Gasteiger partial charge on any atom is 0.287 e. The molecule has 1 fully saturated rings. The fraction of sp³-hybridized carbons (Fsp3) is 0.226. The zero-order valence-corrected chi connectivity index (χ0v) is 38.1. The van der Waals surface area contributed by atoms with E-state index >= 15 is 4.79 Å². The molecule has 15 nitrogen and oxygen atoms in total. The van der Waals surface area contributed by atoms with Gasteiger partial charge in [-0.15, -0.1) is 0 Å². The van der Waals surface area contributed by atoms with E-state index in [-0.39, 0.29) is 42.4 Å². The topological polar surface area (TPSA) is 206 Å². The molecular formula is C53H47N5O10S. The molecule has 4 heterocycles. The summed E-state index contributed by atoms with van der Waals surface area (Å²) >= 11 is 0. The van der Waals surface area contributed by atoms with Crippen LogP contribution < -0.4 is 20.1 Å². The van der Waals surface area contributed by atoms with E-state index in [2.05, 4.69) is 27.2 Å². The van der Waals surface area contributed by atoms with Crippen molar-refractivity contribution in [2.24, 2.45) is 5.92 Å². The van der Waals surface area contributed by atoms with Gasteiger partial charge in [-0.2, -0.15) is 0 Å². The smallest absolute Gasteiger partial charge is 0.287 e. The molecule has 4 unspecified atom stereocenters. The summed E-state index contributed by atoms with van der Waals surface area (Å²) in [5, 5.41) is 16.7. The molecule has 69 heavy (non-hydrogen) atoms. The Morgan fingerprint density at radius 3 is 2.38 bits per heavy atom. The van der Waals surface area contributed by atoms with Gasteiger partial charge in [-0.25, -0.2) is 18.1 Å². The normalized spacial score (nSPS) is 22.3. The van der Waals surface area contributed by atoms with E-state index in [1.165, 1.54) is 47.4 Å². The number of rotatable bonds is 9. The highest BCUT2D eigenvalue weighted by Crippen LogP contribution is 2.35. The molecule has 1 aliphatic carbocycles. The number of carbonyl (C=O) groups excluding carboxylic acids is 4. The van der Waals surface area contributed by atoms with Crippen molar-refractivity contribution < 1.29 is 46.6 Å². The molecule has 2 bridgehead atoms. The minimum atomic E-state index is -4.37. The minimum absolute atomic E-state index is 0.00407. The molecule has 6 atom stereocenters. The Bertz CT molecular complexity index is 3150. The van der Waals surface area contributed by atoms with Gasteiger partial charge in [0.2, 0.25) is 11.8 Å². The molecule has 350 valence electrons. The standard InChI is InChI=1S/C53H47N5O10S/c1-33-13-12-26-66-38-19-11-14-34(27-38)28-44(55-51(61)47-25-24-46(68-47)36-17-7-3-8-18-36)53(63)58-32-39(30-45(58)50(60)56-49(33)52(62)57-69(64,65)40-20-9-4-10-21-40)67-48-31-42(35-15-5-2-6-16-35)54-43-29-37(59)22-23-41(43)48/h2-10,12-18,20-25,29,31,33,38-39,44-45,49,59H,26-28,30,32H2,1H3,(H,55,61)(H,56,60)(H,57,62)/b13-12-/t33?,38?,39?,44-,45-,49?/m0/s1. The quantitative estimate of drug-likeness (QED) is 0.0933. The minimum Gasteiger partial charge on any atom is -0.508 e. The van der Waals surface area contributed by atoms with E-state index in [4.69, 9.17) is 18.9 Å². The van der Waals surface area contributed by atoms with Crippen LogP contribution in [0, 0.1) is 17.8 Å². The van der Waals surface area contributed by atoms with Gasteiger partial charge in [-0.05, 0) is 48.9 Å². The predicted octanol–water partition coefficient (Wildman–Crippen LogP) is 6.32. The Hall–Kier alpha value is -8.00. The van der Waals surface area contributed by atoms with Crippen LogP contribution in [0.15, 0.2) is 161 Å². The van der Waals surface area contributed by atoms with Crippen LogP contribution in [-0.4, -0.2) is 90.5 Å². The molecule has 16 heteroatoms. The predicted molar refractivity (Wildman–Crippen MR) is 256 cm³/mol. The van der Waals surface area contributed by atoms with Gasteiger partial charge < -0.3 is 34.5 Å². The Labute approximate surface area is 398 Å². The van der Waals surface area contributed by atoms with Crippen LogP contribution in [0.3, 0.4) is 0 Å². The molecule has 0 spiro atoms. The molecule has 9 rings (SSSR count). The van der Waals surface area contributed by atoms with E-state index in [0.717, 1.165) is 16.7 Å². The number of allylic oxidation sites excluding steroid dienone is 1. The molecule has 0 saturated carbocycles. The first-order valence-electron chi connectivity index (χ1n) is 22.4. The molecule has 4 N–H and O–H groups in total. The number of hydrogen-bond acceptors (Lipinski definition) is 11. The fourth-order valence-corrected chi connectivity index (χ4v) is 9.65. The molecule has 2 aromatic heterocycles. The summed E-state index contributed by atoms with van der Waals surface area (Å²) in [6.45, 7) is 1.56. The number of nitrogens with one attached hydrogen (secondary N) is 3. The highest BCUT2D eigenvalue weighted by molar-refractivity contribution is 7.90. The van der Waals surface area contributed by atoms with Crippen LogP contribution in [-0.2, 0) is 29.1 Å². The van der Waals surface area contributed by atoms with Crippen molar-refractivity contribution in [1.29, 1.82) is 0 Å². The highest BCUT2D eigenvalue weighted by Gasteiger charge is 2.45. The van der Waals surface area contributed by atoms with Gasteiger partial charge >= 0.3 is 0 Å². The largest absolute Gasteiger partial charge is 0.508 e. The highest BCUT2D eigenvalue weighted by atomic mass is 32.2. The third kappa shape index (κ3) is 10.6. The van der Waals surface area contributed by atoms with Gasteiger partial charge in [-0.1, -0.05) is 115 Å². The molecule has 4 amide bonds. The molecule has 4 aromatic carbocycles. The monoisotopic (exact) mass is 945 g/mol. The average molecular weight is 946 g/mol.